The van der Waals surface area contributed by atoms with Crippen molar-refractivity contribution in [3.05, 3.63) is 11.6 Å². The fourth-order valence-corrected chi connectivity index (χ4v) is 11.1. The maximum Gasteiger partial charge on any atom is 0.302 e. The molecule has 1 heterocycles. The molecule has 1 aliphatic heterocycles. The van der Waals surface area contributed by atoms with Gasteiger partial charge < -0.3 is 29.5 Å². The van der Waals surface area contributed by atoms with Gasteiger partial charge in [-0.25, -0.2) is 0 Å². The van der Waals surface area contributed by atoms with E-state index in [0.717, 1.165) is 32.1 Å². The summed E-state index contributed by atoms with van der Waals surface area (Å²) in [5.41, 5.74) is -0.454. The van der Waals surface area contributed by atoms with E-state index in [1.807, 2.05) is 6.92 Å². The van der Waals surface area contributed by atoms with Crippen molar-refractivity contribution in [1.29, 1.82) is 0 Å². The third-order valence-corrected chi connectivity index (χ3v) is 13.1. The lowest BCUT2D eigenvalue weighted by Gasteiger charge is -2.68. The molecule has 0 aromatic rings. The normalized spacial score (nSPS) is 48.0. The molecule has 0 amide bonds. The molecule has 12 atom stereocenters. The SMILES string of the molecule is CCO[C@H]1O[C@@H]([C@H](O)C(C)(C)O)C[C@H]1[C@@H]1CC=C2[C@]3(C)[C@H](O)C[C@H]4C(C)(C)[C@H](OC(C)=O)CC[C@]4(C)[C@H]3CC[C@]21C. The summed E-state index contributed by atoms with van der Waals surface area (Å²) in [6.45, 7) is 18.9. The van der Waals surface area contributed by atoms with E-state index in [4.69, 9.17) is 14.2 Å². The van der Waals surface area contributed by atoms with Crippen LogP contribution in [-0.4, -0.2) is 64.2 Å². The molecule has 0 radical (unpaired) electrons. The molecule has 5 rings (SSSR count). The molecule has 7 heteroatoms. The zero-order chi connectivity index (χ0) is 30.3. The van der Waals surface area contributed by atoms with Gasteiger partial charge in [0.25, 0.3) is 0 Å². The molecule has 0 aromatic heterocycles. The third-order valence-electron chi connectivity index (χ3n) is 13.1. The number of fused-ring (bicyclic) bond motifs is 5. The van der Waals surface area contributed by atoms with Crippen molar-refractivity contribution in [3.63, 3.8) is 0 Å². The first-order valence-electron chi connectivity index (χ1n) is 16.2. The minimum atomic E-state index is -1.26. The summed E-state index contributed by atoms with van der Waals surface area (Å²) < 4.78 is 18.3. The molecule has 0 aromatic carbocycles. The lowest BCUT2D eigenvalue weighted by molar-refractivity contribution is -0.221. The molecule has 0 spiro atoms. The second kappa shape index (κ2) is 10.3. The highest BCUT2D eigenvalue weighted by Crippen LogP contribution is 2.73. The van der Waals surface area contributed by atoms with Crippen LogP contribution >= 0.6 is 0 Å². The van der Waals surface area contributed by atoms with Crippen LogP contribution in [-0.2, 0) is 19.0 Å². The highest BCUT2D eigenvalue weighted by molar-refractivity contribution is 5.66. The molecule has 1 saturated heterocycles. The van der Waals surface area contributed by atoms with E-state index in [0.29, 0.717) is 25.4 Å². The highest BCUT2D eigenvalue weighted by atomic mass is 16.7. The van der Waals surface area contributed by atoms with Gasteiger partial charge in [-0.15, -0.1) is 0 Å². The molecule has 3 saturated carbocycles. The number of rotatable bonds is 6. The van der Waals surface area contributed by atoms with Gasteiger partial charge in [0.2, 0.25) is 0 Å². The van der Waals surface area contributed by atoms with Crippen LogP contribution in [0, 0.1) is 45.3 Å². The molecule has 4 fully saturated rings. The minimum Gasteiger partial charge on any atom is -0.462 e. The van der Waals surface area contributed by atoms with Crippen LogP contribution in [0.25, 0.3) is 0 Å². The topological polar surface area (TPSA) is 105 Å². The van der Waals surface area contributed by atoms with Crippen LogP contribution in [0.4, 0.5) is 0 Å². The number of hydrogen-bond acceptors (Lipinski definition) is 7. The summed E-state index contributed by atoms with van der Waals surface area (Å²) in [6, 6.07) is 0. The fourth-order valence-electron chi connectivity index (χ4n) is 11.1. The Kier molecular flexibility index (Phi) is 7.89. The first-order chi connectivity index (χ1) is 18.9. The van der Waals surface area contributed by atoms with Gasteiger partial charge in [-0.2, -0.15) is 0 Å². The van der Waals surface area contributed by atoms with Crippen molar-refractivity contribution in [2.75, 3.05) is 6.61 Å². The summed E-state index contributed by atoms with van der Waals surface area (Å²) in [7, 11) is 0. The summed E-state index contributed by atoms with van der Waals surface area (Å²) in [5, 5.41) is 33.5. The van der Waals surface area contributed by atoms with Gasteiger partial charge in [0.05, 0.1) is 17.8 Å². The average Bonchev–Trinajstić information content (AvgIpc) is 3.43. The summed E-state index contributed by atoms with van der Waals surface area (Å²) in [4.78, 5) is 11.9. The zero-order valence-electron chi connectivity index (χ0n) is 26.9. The van der Waals surface area contributed by atoms with Gasteiger partial charge in [0.1, 0.15) is 12.2 Å². The molecule has 0 unspecified atom stereocenters. The lowest BCUT2D eigenvalue weighted by atomic mass is 9.37. The molecule has 3 N–H and O–H groups in total. The molecule has 7 nitrogen and oxygen atoms in total. The van der Waals surface area contributed by atoms with Gasteiger partial charge in [-0.3, -0.25) is 4.79 Å². The van der Waals surface area contributed by atoms with Crippen molar-refractivity contribution >= 4 is 5.97 Å². The van der Waals surface area contributed by atoms with Crippen LogP contribution in [0.15, 0.2) is 11.6 Å². The Hall–Kier alpha value is -0.990. The van der Waals surface area contributed by atoms with Gasteiger partial charge >= 0.3 is 5.97 Å². The Morgan fingerprint density at radius 3 is 2.41 bits per heavy atom. The molecule has 4 aliphatic carbocycles. The van der Waals surface area contributed by atoms with E-state index in [2.05, 4.69) is 40.7 Å². The first-order valence-corrected chi connectivity index (χ1v) is 16.2. The second-order valence-corrected chi connectivity index (χ2v) is 16.0. The molecule has 0 bridgehead atoms. The average molecular weight is 577 g/mol. The van der Waals surface area contributed by atoms with Crippen LogP contribution in [0.5, 0.6) is 0 Å². The van der Waals surface area contributed by atoms with Crippen LogP contribution in [0.2, 0.25) is 0 Å². The number of aliphatic hydroxyl groups is 3. The maximum atomic E-state index is 12.1. The number of aliphatic hydroxyl groups excluding tert-OH is 2. The predicted octanol–water partition coefficient (Wildman–Crippen LogP) is 5.39. The fraction of sp³-hybridized carbons (Fsp3) is 0.912. The lowest BCUT2D eigenvalue weighted by Crippen LogP contribution is -2.65. The predicted molar refractivity (Wildman–Crippen MR) is 157 cm³/mol. The third kappa shape index (κ3) is 4.67. The van der Waals surface area contributed by atoms with E-state index >= 15 is 0 Å². The molecular formula is C34H56O7. The molecule has 41 heavy (non-hydrogen) atoms. The number of allylic oxidation sites excluding steroid dienone is 1. The zero-order valence-corrected chi connectivity index (χ0v) is 26.9. The van der Waals surface area contributed by atoms with Gasteiger partial charge in [-0.1, -0.05) is 46.3 Å². The number of ether oxygens (including phenoxy) is 3. The van der Waals surface area contributed by atoms with Gasteiger partial charge in [0.15, 0.2) is 6.29 Å². The Labute approximate surface area is 247 Å². The Bertz CT molecular complexity index is 1050. The maximum absolute atomic E-state index is 12.1. The van der Waals surface area contributed by atoms with E-state index in [9.17, 15) is 20.1 Å². The summed E-state index contributed by atoms with van der Waals surface area (Å²) in [5.74, 6) is 0.754. The number of carbonyl (C=O) groups is 1. The molecule has 234 valence electrons. The Morgan fingerprint density at radius 1 is 1.12 bits per heavy atom. The standard InChI is InChI=1S/C34H56O7/c1-10-39-29-20(17-22(41-29)28(37)31(5,6)38)21-11-12-23-32(21,7)15-13-24-33(8)16-14-27(40-19(2)35)30(3,4)25(33)18-26(36)34(23,24)9/h12,20-22,24-29,36-38H,10-11,13-18H2,1-9H3/t20-,21-,22+,24+,25-,26+,27+,28-,29-,32-,33+,34-/m0/s1. The quantitative estimate of drug-likeness (QED) is 0.287. The monoisotopic (exact) mass is 576 g/mol. The smallest absolute Gasteiger partial charge is 0.302 e. The van der Waals surface area contributed by atoms with Gasteiger partial charge in [0, 0.05) is 30.3 Å². The van der Waals surface area contributed by atoms with E-state index in [1.165, 1.54) is 12.5 Å². The Morgan fingerprint density at radius 2 is 1.80 bits per heavy atom. The molecule has 5 aliphatic rings. The van der Waals surface area contributed by atoms with E-state index in [1.54, 1.807) is 13.8 Å². The minimum absolute atomic E-state index is 0.0423. The second-order valence-electron chi connectivity index (χ2n) is 16.0. The van der Waals surface area contributed by atoms with Crippen molar-refractivity contribution in [2.45, 2.75) is 144 Å². The van der Waals surface area contributed by atoms with Crippen molar-refractivity contribution in [1.82, 2.24) is 0 Å². The van der Waals surface area contributed by atoms with Crippen LogP contribution in [0.1, 0.15) is 107 Å². The van der Waals surface area contributed by atoms with Crippen molar-refractivity contribution < 1.29 is 34.3 Å². The first kappa shape index (κ1) is 31.4. The van der Waals surface area contributed by atoms with Gasteiger partial charge in [-0.05, 0) is 94.3 Å². The van der Waals surface area contributed by atoms with Crippen LogP contribution < -0.4 is 0 Å². The molecular weight excluding hydrogens is 520 g/mol. The number of carbonyl (C=O) groups excluding carboxylic acids is 1. The van der Waals surface area contributed by atoms with Crippen molar-refractivity contribution in [3.8, 4) is 0 Å². The van der Waals surface area contributed by atoms with Crippen molar-refractivity contribution in [2.24, 2.45) is 45.3 Å². The largest absolute Gasteiger partial charge is 0.462 e. The van der Waals surface area contributed by atoms with E-state index < -0.39 is 30.2 Å². The number of hydrogen-bond donors (Lipinski definition) is 3. The number of esters is 1. The van der Waals surface area contributed by atoms with Crippen LogP contribution in [0.3, 0.4) is 0 Å². The van der Waals surface area contributed by atoms with E-state index in [-0.39, 0.29) is 51.5 Å². The Balaban J connectivity index is 1.44. The summed E-state index contributed by atoms with van der Waals surface area (Å²) >= 11 is 0. The highest BCUT2D eigenvalue weighted by Gasteiger charge is 2.69. The summed E-state index contributed by atoms with van der Waals surface area (Å²) in [6.07, 6.45) is 6.15.